The monoisotopic (exact) mass is 366 g/mol. The Morgan fingerprint density at radius 2 is 1.72 bits per heavy atom. The fraction of sp³-hybridized carbons (Fsp3) is 0.471. The maximum atomic E-state index is 13.1. The molecule has 4 rings (SSSR count). The van der Waals surface area contributed by atoms with E-state index in [2.05, 4.69) is 4.40 Å². The van der Waals surface area contributed by atoms with Gasteiger partial charge >= 0.3 is 0 Å². The van der Waals surface area contributed by atoms with Gasteiger partial charge in [-0.3, -0.25) is 0 Å². The molecule has 0 aliphatic carbocycles. The van der Waals surface area contributed by atoms with Gasteiger partial charge in [0.05, 0.1) is 13.2 Å². The lowest BCUT2D eigenvalue weighted by molar-refractivity contribution is -0.180. The molecule has 8 heteroatoms. The summed E-state index contributed by atoms with van der Waals surface area (Å²) in [6.45, 7) is 4.17. The molecule has 0 atom stereocenters. The van der Waals surface area contributed by atoms with Gasteiger partial charge in [-0.05, 0) is 24.6 Å². The number of halogens is 1. The lowest BCUT2D eigenvalue weighted by atomic mass is 10.0. The van der Waals surface area contributed by atoms with Crippen molar-refractivity contribution >= 4 is 20.8 Å². The normalized spacial score (nSPS) is 24.9. The maximum absolute atomic E-state index is 13.1. The van der Waals surface area contributed by atoms with E-state index in [1.807, 2.05) is 4.90 Å². The van der Waals surface area contributed by atoms with Crippen LogP contribution in [0.25, 0.3) is 4.91 Å². The molecule has 6 nitrogen and oxygen atoms in total. The summed E-state index contributed by atoms with van der Waals surface area (Å²) in [5.41, 5.74) is 1.05. The molecule has 0 unspecified atom stereocenters. The number of sulfonamides is 1. The summed E-state index contributed by atoms with van der Waals surface area (Å²) in [4.78, 5) is 2.11. The summed E-state index contributed by atoms with van der Waals surface area (Å²) < 4.78 is 53.6. The van der Waals surface area contributed by atoms with E-state index in [9.17, 15) is 12.8 Å². The Hall–Kier alpha value is -1.77. The van der Waals surface area contributed by atoms with E-state index in [0.717, 1.165) is 0 Å². The highest BCUT2D eigenvalue weighted by Crippen LogP contribution is 2.36. The second kappa shape index (κ2) is 5.89. The number of ether oxygens (including phenoxy) is 2. The van der Waals surface area contributed by atoms with E-state index >= 15 is 0 Å². The molecule has 0 radical (unpaired) electrons. The average molecular weight is 366 g/mol. The van der Waals surface area contributed by atoms with Crippen molar-refractivity contribution in [2.24, 2.45) is 4.40 Å². The van der Waals surface area contributed by atoms with Crippen LogP contribution in [0.2, 0.25) is 0 Å². The van der Waals surface area contributed by atoms with Crippen molar-refractivity contribution in [1.29, 1.82) is 0 Å². The summed E-state index contributed by atoms with van der Waals surface area (Å²) in [6, 6.07) is 5.44. The van der Waals surface area contributed by atoms with E-state index < -0.39 is 21.6 Å². The SMILES string of the molecule is CC1=C(c2ccc(F)cc2)S(=O)(=O)N=C1N1CCC2(CC1)OCCO2. The maximum Gasteiger partial charge on any atom is 0.285 e. The number of amidine groups is 1. The van der Waals surface area contributed by atoms with Crippen LogP contribution in [-0.2, 0) is 19.5 Å². The van der Waals surface area contributed by atoms with Crippen molar-refractivity contribution in [3.05, 3.63) is 41.2 Å². The van der Waals surface area contributed by atoms with Crippen molar-refractivity contribution < 1.29 is 22.3 Å². The predicted molar refractivity (Wildman–Crippen MR) is 90.8 cm³/mol. The number of nitrogens with zero attached hydrogens (tertiary/aromatic N) is 2. The van der Waals surface area contributed by atoms with Crippen LogP contribution in [0.3, 0.4) is 0 Å². The Morgan fingerprint density at radius 3 is 2.32 bits per heavy atom. The molecule has 0 saturated carbocycles. The molecule has 134 valence electrons. The Bertz CT molecular complexity index is 845. The zero-order chi connectivity index (χ0) is 17.7. The van der Waals surface area contributed by atoms with Crippen molar-refractivity contribution in [2.75, 3.05) is 26.3 Å². The quantitative estimate of drug-likeness (QED) is 0.762. The molecule has 3 aliphatic heterocycles. The first-order chi connectivity index (χ1) is 11.9. The van der Waals surface area contributed by atoms with Gasteiger partial charge in [0.25, 0.3) is 10.0 Å². The third-order valence-corrected chi connectivity index (χ3v) is 6.36. The largest absolute Gasteiger partial charge is 0.355 e. The van der Waals surface area contributed by atoms with Gasteiger partial charge in [-0.15, -0.1) is 4.40 Å². The fourth-order valence-electron chi connectivity index (χ4n) is 3.63. The van der Waals surface area contributed by atoms with Gasteiger partial charge in [0.1, 0.15) is 16.6 Å². The highest BCUT2D eigenvalue weighted by Gasteiger charge is 2.42. The molecule has 2 saturated heterocycles. The summed E-state index contributed by atoms with van der Waals surface area (Å²) in [5, 5.41) is 0. The predicted octanol–water partition coefficient (Wildman–Crippen LogP) is 2.14. The van der Waals surface area contributed by atoms with Crippen molar-refractivity contribution in [2.45, 2.75) is 25.6 Å². The molecule has 2 fully saturated rings. The molecule has 1 aromatic rings. The van der Waals surface area contributed by atoms with Gasteiger partial charge in [-0.25, -0.2) is 4.39 Å². The number of rotatable bonds is 1. The number of hydrogen-bond acceptors (Lipinski definition) is 5. The van der Waals surface area contributed by atoms with E-state index in [0.29, 0.717) is 56.1 Å². The zero-order valence-electron chi connectivity index (χ0n) is 13.9. The number of hydrogen-bond donors (Lipinski definition) is 0. The minimum absolute atomic E-state index is 0.149. The second-order valence-corrected chi connectivity index (χ2v) is 7.99. The molecule has 0 N–H and O–H groups in total. The molecule has 0 aromatic heterocycles. The van der Waals surface area contributed by atoms with E-state index in [4.69, 9.17) is 9.47 Å². The number of benzene rings is 1. The Kier molecular flexibility index (Phi) is 3.93. The van der Waals surface area contributed by atoms with Crippen LogP contribution in [0.1, 0.15) is 25.3 Å². The highest BCUT2D eigenvalue weighted by atomic mass is 32.2. The minimum Gasteiger partial charge on any atom is -0.355 e. The van der Waals surface area contributed by atoms with Gasteiger partial charge < -0.3 is 14.4 Å². The van der Waals surface area contributed by atoms with Gasteiger partial charge in [-0.2, -0.15) is 8.42 Å². The molecule has 25 heavy (non-hydrogen) atoms. The fourth-order valence-corrected chi connectivity index (χ4v) is 5.11. The average Bonchev–Trinajstić information content (AvgIpc) is 3.12. The molecule has 3 heterocycles. The van der Waals surface area contributed by atoms with Crippen molar-refractivity contribution in [1.82, 2.24) is 4.90 Å². The lowest BCUT2D eigenvalue weighted by Gasteiger charge is -2.38. The summed E-state index contributed by atoms with van der Waals surface area (Å²) in [7, 11) is -3.79. The molecule has 0 amide bonds. The first kappa shape index (κ1) is 16.7. The van der Waals surface area contributed by atoms with Crippen LogP contribution in [0.5, 0.6) is 0 Å². The Balaban J connectivity index is 1.61. The Morgan fingerprint density at radius 1 is 1.12 bits per heavy atom. The number of piperidine rings is 1. The number of likely N-dealkylation sites (tertiary alicyclic amines) is 1. The highest BCUT2D eigenvalue weighted by molar-refractivity contribution is 8.00. The smallest absolute Gasteiger partial charge is 0.285 e. The van der Waals surface area contributed by atoms with E-state index in [1.54, 1.807) is 6.92 Å². The molecular weight excluding hydrogens is 347 g/mol. The van der Waals surface area contributed by atoms with Crippen LogP contribution < -0.4 is 0 Å². The molecule has 0 bridgehead atoms. The Labute approximate surface area is 146 Å². The standard InChI is InChI=1S/C17H19FN2O4S/c1-12-15(13-2-4-14(18)5-3-13)25(21,22)19-16(12)20-8-6-17(7-9-20)23-10-11-24-17/h2-5H,6-11H2,1H3. The summed E-state index contributed by atoms with van der Waals surface area (Å²) in [6.07, 6.45) is 1.34. The topological polar surface area (TPSA) is 68.2 Å². The first-order valence-corrected chi connectivity index (χ1v) is 9.69. The molecular formula is C17H19FN2O4S. The lowest BCUT2D eigenvalue weighted by Crippen LogP contribution is -2.47. The molecule has 1 spiro atoms. The van der Waals surface area contributed by atoms with Crippen molar-refractivity contribution in [3.63, 3.8) is 0 Å². The van der Waals surface area contributed by atoms with Crippen LogP contribution >= 0.6 is 0 Å². The van der Waals surface area contributed by atoms with E-state index in [1.165, 1.54) is 24.3 Å². The summed E-state index contributed by atoms with van der Waals surface area (Å²) >= 11 is 0. The third kappa shape index (κ3) is 2.88. The van der Waals surface area contributed by atoms with Gasteiger partial charge in [-0.1, -0.05) is 12.1 Å². The van der Waals surface area contributed by atoms with Crippen LogP contribution in [-0.4, -0.2) is 51.2 Å². The van der Waals surface area contributed by atoms with Gasteiger partial charge in [0.15, 0.2) is 5.79 Å². The van der Waals surface area contributed by atoms with Crippen LogP contribution in [0.15, 0.2) is 34.2 Å². The third-order valence-electron chi connectivity index (χ3n) is 4.89. The van der Waals surface area contributed by atoms with Crippen molar-refractivity contribution in [3.8, 4) is 0 Å². The van der Waals surface area contributed by atoms with Gasteiger partial charge in [0.2, 0.25) is 0 Å². The second-order valence-electron chi connectivity index (χ2n) is 6.45. The molecule has 1 aromatic carbocycles. The van der Waals surface area contributed by atoms with E-state index in [-0.39, 0.29) is 4.91 Å². The summed E-state index contributed by atoms with van der Waals surface area (Å²) in [5.74, 6) is -0.463. The zero-order valence-corrected chi connectivity index (χ0v) is 14.7. The van der Waals surface area contributed by atoms with Crippen LogP contribution in [0.4, 0.5) is 4.39 Å². The minimum atomic E-state index is -3.79. The molecule has 3 aliphatic rings. The van der Waals surface area contributed by atoms with Crippen LogP contribution in [0, 0.1) is 5.82 Å². The van der Waals surface area contributed by atoms with Gasteiger partial charge in [0, 0.05) is 31.5 Å². The first-order valence-electron chi connectivity index (χ1n) is 8.25.